The van der Waals surface area contributed by atoms with Gasteiger partial charge in [-0.15, -0.1) is 11.3 Å². The van der Waals surface area contributed by atoms with E-state index in [1.807, 2.05) is 39.1 Å². The molecule has 6 heterocycles. The summed E-state index contributed by atoms with van der Waals surface area (Å²) in [5.74, 6) is -2.74. The van der Waals surface area contributed by atoms with Gasteiger partial charge in [-0.05, 0) is 82.7 Å². The summed E-state index contributed by atoms with van der Waals surface area (Å²) in [6, 6.07) is 8.29. The number of amides is 3. The maximum atomic E-state index is 14.8. The number of thiazole rings is 1. The first kappa shape index (κ1) is 44.9. The van der Waals surface area contributed by atoms with Crippen LogP contribution in [-0.2, 0) is 51.1 Å². The van der Waals surface area contributed by atoms with Crippen molar-refractivity contribution in [3.63, 3.8) is 0 Å². The molecule has 15 nitrogen and oxygen atoms in total. The molecule has 0 radical (unpaired) electrons. The zero-order valence-corrected chi connectivity index (χ0v) is 38.5. The molecule has 1 aliphatic carbocycles. The van der Waals surface area contributed by atoms with Crippen molar-refractivity contribution >= 4 is 45.9 Å². The number of hydrazine groups is 1. The number of nitrogens with one attached hydrogen (secondary N) is 2. The Balaban J connectivity index is 1.22. The molecule has 3 aliphatic heterocycles. The first-order chi connectivity index (χ1) is 30.3. The lowest BCUT2D eigenvalue weighted by Gasteiger charge is -2.37. The Hall–Kier alpha value is -4.74. The quantitative estimate of drug-likeness (QED) is 0.193. The van der Waals surface area contributed by atoms with Gasteiger partial charge in [-0.2, -0.15) is 0 Å². The lowest BCUT2D eigenvalue weighted by Crippen LogP contribution is -2.61. The second-order valence-electron chi connectivity index (χ2n) is 18.2. The van der Waals surface area contributed by atoms with Gasteiger partial charge in [0.1, 0.15) is 23.2 Å². The van der Waals surface area contributed by atoms with E-state index < -0.39 is 53.2 Å². The summed E-state index contributed by atoms with van der Waals surface area (Å²) in [5, 5.41) is 7.98. The SMILES string of the molecule is CCO[C@@H]1c2nc(cs2)-c2ccc3c(c2)c(c(-c2cccnc2[C@H](C)OC)n3CC)CC(C)(C)COC(=O)[C@@H]2CCCN(N2)C(=O)[C@H]1NC(=O)[C@@H]1[C@@H](C)[C@H]1C(=O)N1CCOC[C@@H]1C. The third-order valence-corrected chi connectivity index (χ3v) is 14.1. The minimum Gasteiger partial charge on any atom is -0.464 e. The molecule has 4 aromatic rings. The van der Waals surface area contributed by atoms with Crippen molar-refractivity contribution in [2.75, 3.05) is 46.6 Å². The van der Waals surface area contributed by atoms with Crippen LogP contribution in [0, 0.1) is 23.2 Å². The molecule has 3 aromatic heterocycles. The van der Waals surface area contributed by atoms with Crippen molar-refractivity contribution in [3.8, 4) is 22.5 Å². The summed E-state index contributed by atoms with van der Waals surface area (Å²) in [6.07, 6.45) is 2.14. The Labute approximate surface area is 373 Å². The topological polar surface area (TPSA) is 166 Å². The zero-order chi connectivity index (χ0) is 44.7. The smallest absolute Gasteiger partial charge is 0.324 e. The third-order valence-electron chi connectivity index (χ3n) is 13.2. The van der Waals surface area contributed by atoms with Crippen molar-refractivity contribution < 1.29 is 38.1 Å². The normalized spacial score (nSPS) is 26.8. The van der Waals surface area contributed by atoms with Crippen molar-refractivity contribution in [2.45, 2.75) is 105 Å². The summed E-state index contributed by atoms with van der Waals surface area (Å²) in [7, 11) is 1.69. The Morgan fingerprint density at radius 2 is 1.94 bits per heavy atom. The molecule has 1 aromatic carbocycles. The molecule has 8 atom stereocenters. The van der Waals surface area contributed by atoms with E-state index in [1.165, 1.54) is 16.3 Å². The van der Waals surface area contributed by atoms with Crippen LogP contribution in [0.5, 0.6) is 0 Å². The van der Waals surface area contributed by atoms with Gasteiger partial charge >= 0.3 is 5.97 Å². The molecule has 2 saturated heterocycles. The molecular weight excluding hydrogens is 823 g/mol. The van der Waals surface area contributed by atoms with Crippen molar-refractivity contribution in [3.05, 3.63) is 58.2 Å². The van der Waals surface area contributed by atoms with E-state index >= 15 is 0 Å². The highest BCUT2D eigenvalue weighted by Crippen LogP contribution is 2.48. The molecule has 338 valence electrons. The number of ether oxygens (including phenoxy) is 4. The summed E-state index contributed by atoms with van der Waals surface area (Å²) < 4.78 is 26.2. The number of hydrogen-bond donors (Lipinski definition) is 2. The number of hydrogen-bond acceptors (Lipinski definition) is 12. The fourth-order valence-corrected chi connectivity index (χ4v) is 10.6. The first-order valence-corrected chi connectivity index (χ1v) is 23.3. The molecule has 3 amide bonds. The van der Waals surface area contributed by atoms with Gasteiger partial charge < -0.3 is 33.7 Å². The molecule has 1 saturated carbocycles. The van der Waals surface area contributed by atoms with Crippen LogP contribution in [0.1, 0.15) is 89.8 Å². The van der Waals surface area contributed by atoms with Crippen LogP contribution in [0.2, 0.25) is 0 Å². The highest BCUT2D eigenvalue weighted by atomic mass is 32.1. The highest BCUT2D eigenvalue weighted by molar-refractivity contribution is 7.10. The zero-order valence-electron chi connectivity index (χ0n) is 37.6. The van der Waals surface area contributed by atoms with Gasteiger partial charge in [0.15, 0.2) is 0 Å². The van der Waals surface area contributed by atoms with Crippen molar-refractivity contribution in [1.82, 2.24) is 35.2 Å². The third kappa shape index (κ3) is 8.76. The van der Waals surface area contributed by atoms with Crippen LogP contribution in [-0.4, -0.2) is 113 Å². The molecule has 4 aliphatic rings. The summed E-state index contributed by atoms with van der Waals surface area (Å²) in [4.78, 5) is 68.6. The summed E-state index contributed by atoms with van der Waals surface area (Å²) in [5.41, 5.74) is 9.22. The maximum absolute atomic E-state index is 14.8. The van der Waals surface area contributed by atoms with E-state index in [4.69, 9.17) is 28.9 Å². The van der Waals surface area contributed by atoms with Crippen LogP contribution < -0.4 is 10.7 Å². The van der Waals surface area contributed by atoms with Crippen LogP contribution in [0.4, 0.5) is 0 Å². The Bertz CT molecular complexity index is 2360. The number of benzene rings is 1. The number of carbonyl (C=O) groups is 4. The number of methoxy groups -OCH3 is 1. The molecule has 0 unspecified atom stereocenters. The van der Waals surface area contributed by atoms with Gasteiger partial charge in [0.25, 0.3) is 5.91 Å². The molecule has 16 heteroatoms. The second kappa shape index (κ2) is 18.4. The monoisotopic (exact) mass is 883 g/mol. The van der Waals surface area contributed by atoms with Gasteiger partial charge in [-0.3, -0.25) is 29.2 Å². The first-order valence-electron chi connectivity index (χ1n) is 22.4. The molecule has 3 fully saturated rings. The predicted molar refractivity (Wildman–Crippen MR) is 238 cm³/mol. The van der Waals surface area contributed by atoms with Crippen LogP contribution in [0.15, 0.2) is 41.9 Å². The number of aryl methyl sites for hydroxylation is 1. The minimum atomic E-state index is -1.22. The average molecular weight is 884 g/mol. The Morgan fingerprint density at radius 1 is 1.13 bits per heavy atom. The van der Waals surface area contributed by atoms with E-state index in [-0.39, 0.29) is 37.2 Å². The van der Waals surface area contributed by atoms with Gasteiger partial charge in [0.05, 0.1) is 60.9 Å². The fourth-order valence-electron chi connectivity index (χ4n) is 9.68. The maximum Gasteiger partial charge on any atom is 0.324 e. The van der Waals surface area contributed by atoms with Gasteiger partial charge in [0, 0.05) is 72.4 Å². The molecule has 8 rings (SSSR count). The second-order valence-corrected chi connectivity index (χ2v) is 19.1. The highest BCUT2D eigenvalue weighted by Gasteiger charge is 2.58. The number of esters is 1. The van der Waals surface area contributed by atoms with Crippen LogP contribution >= 0.6 is 11.3 Å². The number of aromatic nitrogens is 3. The number of nitrogens with zero attached hydrogens (tertiary/aromatic N) is 5. The van der Waals surface area contributed by atoms with Gasteiger partial charge in [-0.1, -0.05) is 26.8 Å². The summed E-state index contributed by atoms with van der Waals surface area (Å²) >= 11 is 1.36. The van der Waals surface area contributed by atoms with E-state index in [0.717, 1.165) is 39.0 Å². The number of pyridine rings is 1. The number of fused-ring (bicyclic) bond motifs is 6. The number of cyclic esters (lactones) is 1. The predicted octanol–water partition coefficient (Wildman–Crippen LogP) is 5.87. The standard InChI is InChI=1S/C47H61N7O8S/c1-9-52-35-16-15-29-21-31(35)32(40(52)30-13-11-17-48-38(30)28(5)59-8)22-47(6,7)25-62-46(58)33-14-12-18-54(51-33)45(57)39(41(61-10-2)43-49-34(29)24-63-43)50-42(55)36-27(4)37(36)44(56)53-19-20-60-23-26(53)3/h11,13,15-17,21,24,26-28,33,36-37,39,41,51H,9-10,12,14,18-20,22-23,25H2,1-8H3,(H,50,55)/t26-,27+,28-,33-,36+,37+,39-,41-/m0/s1. The van der Waals surface area contributed by atoms with E-state index in [0.29, 0.717) is 62.8 Å². The van der Waals surface area contributed by atoms with Crippen molar-refractivity contribution in [1.29, 1.82) is 0 Å². The van der Waals surface area contributed by atoms with E-state index in [2.05, 4.69) is 60.3 Å². The molecule has 63 heavy (non-hydrogen) atoms. The molecule has 0 spiro atoms. The average Bonchev–Trinajstić information content (AvgIpc) is 3.57. The minimum absolute atomic E-state index is 0.0745. The fraction of sp³-hybridized carbons (Fsp3) is 0.574. The van der Waals surface area contributed by atoms with E-state index in [9.17, 15) is 19.2 Å². The number of morpholine rings is 1. The van der Waals surface area contributed by atoms with Crippen LogP contribution in [0.25, 0.3) is 33.4 Å². The van der Waals surface area contributed by atoms with Crippen LogP contribution in [0.3, 0.4) is 0 Å². The Morgan fingerprint density at radius 3 is 2.68 bits per heavy atom. The summed E-state index contributed by atoms with van der Waals surface area (Å²) in [6.45, 7) is 16.7. The molecule has 2 N–H and O–H groups in total. The number of carbonyl (C=O) groups excluding carboxylic acids is 4. The lowest BCUT2D eigenvalue weighted by atomic mass is 9.84. The number of rotatable bonds is 9. The Kier molecular flexibility index (Phi) is 13.1. The van der Waals surface area contributed by atoms with Crippen molar-refractivity contribution in [2.24, 2.45) is 23.2 Å². The van der Waals surface area contributed by atoms with E-state index in [1.54, 1.807) is 18.2 Å². The molecular formula is C47H61N7O8S. The lowest BCUT2D eigenvalue weighted by molar-refractivity contribution is -0.156. The largest absolute Gasteiger partial charge is 0.464 e. The van der Waals surface area contributed by atoms with Gasteiger partial charge in [0.2, 0.25) is 11.8 Å². The van der Waals surface area contributed by atoms with Gasteiger partial charge in [-0.25, -0.2) is 10.4 Å². The molecule has 6 bridgehead atoms.